The first kappa shape index (κ1) is 27.0. The van der Waals surface area contributed by atoms with Crippen LogP contribution in [-0.2, 0) is 26.1 Å². The second kappa shape index (κ2) is 9.88. The van der Waals surface area contributed by atoms with Crippen molar-refractivity contribution in [2.75, 3.05) is 0 Å². The molecule has 1 atom stereocenters. The van der Waals surface area contributed by atoms with Crippen molar-refractivity contribution in [1.29, 1.82) is 0 Å². The van der Waals surface area contributed by atoms with Crippen LogP contribution in [0.4, 0.5) is 0 Å². The molecule has 0 radical (unpaired) electrons. The molecule has 3 heterocycles. The van der Waals surface area contributed by atoms with E-state index in [4.69, 9.17) is 0 Å². The molecule has 5 rings (SSSR count). The molecule has 7 nitrogen and oxygen atoms in total. The van der Waals surface area contributed by atoms with Crippen LogP contribution in [0.3, 0.4) is 0 Å². The number of benzene rings is 1. The van der Waals surface area contributed by atoms with E-state index in [-0.39, 0.29) is 25.9 Å². The topological polar surface area (TPSA) is 74.7 Å². The van der Waals surface area contributed by atoms with Gasteiger partial charge < -0.3 is 0 Å². The summed E-state index contributed by atoms with van der Waals surface area (Å²) in [5, 5.41) is 8.85. The van der Waals surface area contributed by atoms with Crippen LogP contribution in [0, 0.1) is 5.92 Å². The molecule has 0 saturated heterocycles. The van der Waals surface area contributed by atoms with Crippen LogP contribution in [0.1, 0.15) is 48.7 Å². The van der Waals surface area contributed by atoms with Crippen LogP contribution in [0.25, 0.3) is 23.4 Å². The van der Waals surface area contributed by atoms with Crippen molar-refractivity contribution in [3.05, 3.63) is 79.1 Å². The molecule has 1 fully saturated rings. The molecule has 0 N–H and O–H groups in total. The fraction of sp³-hybridized carbons (Fsp3) is 0.357. The number of hydrogen-bond donors (Lipinski definition) is 0. The third-order valence-electron chi connectivity index (χ3n) is 6.71. The zero-order valence-corrected chi connectivity index (χ0v) is 25.9. The first-order valence-electron chi connectivity index (χ1n) is 12.3. The van der Waals surface area contributed by atoms with E-state index in [9.17, 15) is 9.59 Å². The van der Waals surface area contributed by atoms with Crippen LogP contribution < -0.4 is 14.8 Å². The largest absolute Gasteiger partial charge is 0.298 e. The first-order chi connectivity index (χ1) is 17.8. The molecule has 0 bridgehead atoms. The highest BCUT2D eigenvalue weighted by molar-refractivity contribution is 9.25. The molecule has 38 heavy (non-hydrogen) atoms. The lowest BCUT2D eigenvalue weighted by Gasteiger charge is -2.18. The Balaban J connectivity index is 1.59. The summed E-state index contributed by atoms with van der Waals surface area (Å²) in [6, 6.07) is 7.72. The number of nitrogens with zero attached hydrogens (tertiary/aromatic N) is 5. The molecule has 0 spiro atoms. The van der Waals surface area contributed by atoms with Gasteiger partial charge in [0.2, 0.25) is 0 Å². The van der Waals surface area contributed by atoms with E-state index in [2.05, 4.69) is 62.8 Å². The van der Waals surface area contributed by atoms with Crippen molar-refractivity contribution in [3.63, 3.8) is 0 Å². The van der Waals surface area contributed by atoms with E-state index < -0.39 is 0 Å². The number of hydrogen-bond acceptors (Lipinski definition) is 5. The average molecular weight is 659 g/mol. The van der Waals surface area contributed by atoms with Gasteiger partial charge in [0.15, 0.2) is 5.78 Å². The molecule has 1 aliphatic rings. The Labute approximate surface area is 241 Å². The van der Waals surface area contributed by atoms with Crippen LogP contribution in [0.2, 0.25) is 0 Å². The monoisotopic (exact) mass is 657 g/mol. The lowest BCUT2D eigenvalue weighted by molar-refractivity contribution is 0.106. The number of aromatic nitrogens is 5. The van der Waals surface area contributed by atoms with Gasteiger partial charge in [-0.15, -0.1) is 11.3 Å². The van der Waals surface area contributed by atoms with Crippen LogP contribution in [-0.4, -0.2) is 33.1 Å². The number of thiazole rings is 1. The third-order valence-corrected chi connectivity index (χ3v) is 9.71. The Morgan fingerprint density at radius 1 is 1.16 bits per heavy atom. The van der Waals surface area contributed by atoms with Crippen molar-refractivity contribution >= 4 is 61.1 Å². The minimum absolute atomic E-state index is 0.00728. The number of Topliss-reactive ketones (excluding diaryl/α,β-unsaturated/α-hetero) is 1. The zero-order valence-electron chi connectivity index (χ0n) is 21.9. The molecule has 1 unspecified atom stereocenters. The third kappa shape index (κ3) is 5.58. The van der Waals surface area contributed by atoms with Gasteiger partial charge in [0.25, 0.3) is 5.56 Å². The van der Waals surface area contributed by atoms with E-state index in [1.807, 2.05) is 56.8 Å². The quantitative estimate of drug-likeness (QED) is 0.228. The van der Waals surface area contributed by atoms with Gasteiger partial charge in [-0.25, -0.2) is 0 Å². The van der Waals surface area contributed by atoms with Crippen molar-refractivity contribution in [1.82, 2.24) is 24.1 Å². The van der Waals surface area contributed by atoms with E-state index in [0.29, 0.717) is 21.3 Å². The second-order valence-electron chi connectivity index (χ2n) is 10.9. The molecule has 10 heteroatoms. The standard InChI is InChI=1S/C28H29Br2N5O2S/c1-27(2,3)20-8-6-17(7-9-20)22(36)11-24-35(16-21-12-28(21,29)30)26(37)23(38-24)10-18-14-34(5)32-25(18)19-13-31-33(4)15-19/h6-11,13-15,21H,12,16H2,1-5H3/b23-10-,24-11-. The van der Waals surface area contributed by atoms with Crippen molar-refractivity contribution < 1.29 is 4.79 Å². The molecular weight excluding hydrogens is 630 g/mol. The summed E-state index contributed by atoms with van der Waals surface area (Å²) in [6.45, 7) is 6.95. The number of rotatable bonds is 6. The van der Waals surface area contributed by atoms with Gasteiger partial charge in [-0.2, -0.15) is 10.2 Å². The number of alkyl halides is 2. The predicted molar refractivity (Wildman–Crippen MR) is 159 cm³/mol. The van der Waals surface area contributed by atoms with Gasteiger partial charge >= 0.3 is 0 Å². The smallest absolute Gasteiger partial charge is 0.269 e. The van der Waals surface area contributed by atoms with Crippen molar-refractivity contribution in [2.24, 2.45) is 20.0 Å². The summed E-state index contributed by atoms with van der Waals surface area (Å²) >= 11 is 8.67. The molecule has 0 aliphatic heterocycles. The highest BCUT2D eigenvalue weighted by Crippen LogP contribution is 2.56. The molecule has 198 valence electrons. The van der Waals surface area contributed by atoms with Gasteiger partial charge in [-0.05, 0) is 23.5 Å². The van der Waals surface area contributed by atoms with Gasteiger partial charge in [0.1, 0.15) is 10.4 Å². The molecule has 4 aromatic rings. The highest BCUT2D eigenvalue weighted by atomic mass is 79.9. The van der Waals surface area contributed by atoms with E-state index in [1.54, 1.807) is 26.2 Å². The predicted octanol–water partition coefficient (Wildman–Crippen LogP) is 4.34. The summed E-state index contributed by atoms with van der Waals surface area (Å²) in [7, 11) is 3.71. The van der Waals surface area contributed by atoms with E-state index in [1.165, 1.54) is 16.9 Å². The minimum Gasteiger partial charge on any atom is -0.298 e. The van der Waals surface area contributed by atoms with Gasteiger partial charge in [0, 0.05) is 61.7 Å². The number of ketones is 1. The normalized spacial score (nSPS) is 17.8. The zero-order chi connectivity index (χ0) is 27.4. The van der Waals surface area contributed by atoms with Crippen molar-refractivity contribution in [3.8, 4) is 11.3 Å². The van der Waals surface area contributed by atoms with Crippen molar-refractivity contribution in [2.45, 2.75) is 42.4 Å². The number of aryl methyl sites for hydroxylation is 2. The van der Waals surface area contributed by atoms with Gasteiger partial charge in [0.05, 0.1) is 14.0 Å². The maximum absolute atomic E-state index is 13.6. The van der Waals surface area contributed by atoms with Gasteiger partial charge in [-0.1, -0.05) is 76.9 Å². The van der Waals surface area contributed by atoms with Crippen LogP contribution in [0.5, 0.6) is 0 Å². The Hall–Kier alpha value is -2.56. The van der Waals surface area contributed by atoms with Gasteiger partial charge in [-0.3, -0.25) is 23.5 Å². The Kier molecular flexibility index (Phi) is 7.02. The minimum atomic E-state index is -0.161. The van der Waals surface area contributed by atoms with E-state index >= 15 is 0 Å². The summed E-state index contributed by atoms with van der Waals surface area (Å²) in [5.41, 5.74) is 4.11. The van der Waals surface area contributed by atoms with E-state index in [0.717, 1.165) is 23.2 Å². The Morgan fingerprint density at radius 3 is 2.42 bits per heavy atom. The Morgan fingerprint density at radius 2 is 1.84 bits per heavy atom. The lowest BCUT2D eigenvalue weighted by atomic mass is 9.86. The number of carbonyl (C=O) groups is 1. The Bertz CT molecular complexity index is 1700. The summed E-state index contributed by atoms with van der Waals surface area (Å²) < 4.78 is 6.22. The SMILES string of the molecule is Cn1cc(-c2nn(C)cc2/C=c2\s/c(=C\C(=O)c3ccc(C(C)(C)C)cc3)n(CC3CC3(Br)Br)c2=O)cn1. The molecule has 3 aromatic heterocycles. The number of carbonyl (C=O) groups excluding carboxylic acids is 1. The summed E-state index contributed by atoms with van der Waals surface area (Å²) in [6.07, 6.45) is 9.90. The molecular formula is C28H29Br2N5O2S. The van der Waals surface area contributed by atoms with Crippen LogP contribution in [0.15, 0.2) is 47.7 Å². The average Bonchev–Trinajstić information content (AvgIpc) is 3.17. The second-order valence-corrected chi connectivity index (χ2v) is 15.8. The maximum Gasteiger partial charge on any atom is 0.269 e. The summed E-state index contributed by atoms with van der Waals surface area (Å²) in [5.74, 6) is 0.129. The first-order valence-corrected chi connectivity index (χ1v) is 14.7. The fourth-order valence-corrected chi connectivity index (χ4v) is 6.47. The molecule has 1 saturated carbocycles. The fourth-order valence-electron chi connectivity index (χ4n) is 4.36. The molecule has 1 aliphatic carbocycles. The molecule has 1 aromatic carbocycles. The maximum atomic E-state index is 13.6. The molecule has 0 amide bonds. The van der Waals surface area contributed by atoms with Crippen LogP contribution >= 0.6 is 43.2 Å². The summed E-state index contributed by atoms with van der Waals surface area (Å²) in [4.78, 5) is 26.9. The lowest BCUT2D eigenvalue weighted by Crippen LogP contribution is -2.33. The highest BCUT2D eigenvalue weighted by Gasteiger charge is 2.50. The number of halogens is 2.